The number of carbonyl (C=O) groups excluding carboxylic acids is 1. The Balaban J connectivity index is 1.98. The van der Waals surface area contributed by atoms with Gasteiger partial charge in [-0.2, -0.15) is 5.10 Å². The maximum atomic E-state index is 12.0. The minimum absolute atomic E-state index is 0.149. The number of likely N-dealkylation sites (tertiary alicyclic amines) is 1. The molecule has 1 aromatic heterocycles. The largest absolute Gasteiger partial charge is 0.341 e. The van der Waals surface area contributed by atoms with Crippen LogP contribution in [0.2, 0.25) is 0 Å². The van der Waals surface area contributed by atoms with E-state index in [0.717, 1.165) is 35.1 Å². The molecule has 1 amide bonds. The Kier molecular flexibility index (Phi) is 4.02. The first-order valence-corrected chi connectivity index (χ1v) is 6.92. The van der Waals surface area contributed by atoms with E-state index >= 15 is 0 Å². The van der Waals surface area contributed by atoms with Gasteiger partial charge in [-0.15, -0.1) is 0 Å². The minimum atomic E-state index is 0.149. The lowest BCUT2D eigenvalue weighted by Crippen LogP contribution is -2.38. The van der Waals surface area contributed by atoms with Crippen LogP contribution in [-0.4, -0.2) is 33.7 Å². The molecule has 0 radical (unpaired) electrons. The molecule has 88 valence electrons. The lowest BCUT2D eigenvalue weighted by atomic mass is 10.1. The highest BCUT2D eigenvalue weighted by Gasteiger charge is 2.17. The van der Waals surface area contributed by atoms with Gasteiger partial charge < -0.3 is 4.90 Å². The Morgan fingerprint density at radius 1 is 1.31 bits per heavy atom. The van der Waals surface area contributed by atoms with Crippen LogP contribution in [0.15, 0.2) is 15.3 Å². The molecule has 0 atom stereocenters. The van der Waals surface area contributed by atoms with E-state index < -0.39 is 0 Å². The summed E-state index contributed by atoms with van der Waals surface area (Å²) in [6.45, 7) is 2.09. The zero-order chi connectivity index (χ0) is 11.5. The van der Waals surface area contributed by atoms with Crippen LogP contribution in [-0.2, 0) is 11.3 Å². The third-order valence-electron chi connectivity index (χ3n) is 2.69. The van der Waals surface area contributed by atoms with E-state index in [-0.39, 0.29) is 5.91 Å². The first kappa shape index (κ1) is 12.1. The van der Waals surface area contributed by atoms with Crippen LogP contribution < -0.4 is 0 Å². The Labute approximate surface area is 111 Å². The van der Waals surface area contributed by atoms with Gasteiger partial charge in [0.2, 0.25) is 5.91 Å². The number of nitrogens with zero attached hydrogens (tertiary/aromatic N) is 3. The van der Waals surface area contributed by atoms with Gasteiger partial charge in [0.25, 0.3) is 0 Å². The molecule has 2 heterocycles. The van der Waals surface area contributed by atoms with E-state index in [1.807, 2.05) is 11.0 Å². The average molecular weight is 351 g/mol. The van der Waals surface area contributed by atoms with Crippen LogP contribution in [0.1, 0.15) is 19.3 Å². The van der Waals surface area contributed by atoms with Gasteiger partial charge in [0.15, 0.2) is 0 Å². The fourth-order valence-corrected chi connectivity index (χ4v) is 2.98. The number of amides is 1. The van der Waals surface area contributed by atoms with Gasteiger partial charge >= 0.3 is 0 Å². The predicted molar refractivity (Wildman–Crippen MR) is 68.1 cm³/mol. The zero-order valence-electron chi connectivity index (χ0n) is 8.83. The number of rotatable bonds is 2. The van der Waals surface area contributed by atoms with Gasteiger partial charge in [-0.05, 0) is 51.1 Å². The van der Waals surface area contributed by atoms with E-state index in [2.05, 4.69) is 37.0 Å². The molecule has 0 bridgehead atoms. The monoisotopic (exact) mass is 349 g/mol. The van der Waals surface area contributed by atoms with Crippen LogP contribution in [0.5, 0.6) is 0 Å². The number of carbonyl (C=O) groups is 1. The highest BCUT2D eigenvalue weighted by molar-refractivity contribution is 9.11. The molecule has 0 saturated carbocycles. The van der Waals surface area contributed by atoms with Crippen molar-refractivity contribution in [2.45, 2.75) is 25.8 Å². The second-order valence-corrected chi connectivity index (χ2v) is 5.51. The van der Waals surface area contributed by atoms with Crippen molar-refractivity contribution in [2.75, 3.05) is 13.1 Å². The summed E-state index contributed by atoms with van der Waals surface area (Å²) in [5.41, 5.74) is 0. The Morgan fingerprint density at radius 3 is 2.56 bits per heavy atom. The van der Waals surface area contributed by atoms with Gasteiger partial charge in [-0.25, -0.2) is 4.68 Å². The highest BCUT2D eigenvalue weighted by atomic mass is 79.9. The predicted octanol–water partition coefficient (Wildman–Crippen LogP) is 2.42. The summed E-state index contributed by atoms with van der Waals surface area (Å²) in [4.78, 5) is 13.9. The molecule has 1 aromatic rings. The smallest absolute Gasteiger partial charge is 0.244 e. The van der Waals surface area contributed by atoms with Crippen molar-refractivity contribution in [1.29, 1.82) is 0 Å². The Hall–Kier alpha value is -0.360. The molecule has 1 aliphatic rings. The molecule has 4 nitrogen and oxygen atoms in total. The molecule has 2 rings (SSSR count). The number of hydrogen-bond acceptors (Lipinski definition) is 2. The number of piperidine rings is 1. The molecule has 0 aromatic carbocycles. The van der Waals surface area contributed by atoms with Crippen molar-refractivity contribution in [3.63, 3.8) is 0 Å². The highest BCUT2D eigenvalue weighted by Crippen LogP contribution is 2.17. The normalized spacial score (nSPS) is 16.5. The maximum Gasteiger partial charge on any atom is 0.244 e. The summed E-state index contributed by atoms with van der Waals surface area (Å²) in [6.07, 6.45) is 3.48. The third kappa shape index (κ3) is 2.85. The maximum absolute atomic E-state index is 12.0. The van der Waals surface area contributed by atoms with Gasteiger partial charge in [0.1, 0.15) is 15.8 Å². The van der Waals surface area contributed by atoms with E-state index in [0.29, 0.717) is 6.54 Å². The average Bonchev–Trinajstić information content (AvgIpc) is 2.59. The van der Waals surface area contributed by atoms with Gasteiger partial charge in [0, 0.05) is 19.2 Å². The van der Waals surface area contributed by atoms with E-state index in [4.69, 9.17) is 0 Å². The third-order valence-corrected chi connectivity index (χ3v) is 3.72. The van der Waals surface area contributed by atoms with Crippen molar-refractivity contribution in [3.05, 3.63) is 15.3 Å². The van der Waals surface area contributed by atoms with Crippen molar-refractivity contribution in [1.82, 2.24) is 14.7 Å². The van der Waals surface area contributed by atoms with Crippen LogP contribution in [0.25, 0.3) is 0 Å². The zero-order valence-corrected chi connectivity index (χ0v) is 12.0. The van der Waals surface area contributed by atoms with Crippen LogP contribution in [0, 0.1) is 0 Å². The van der Waals surface area contributed by atoms with Gasteiger partial charge in [0.05, 0.1) is 0 Å². The fourth-order valence-electron chi connectivity index (χ4n) is 1.85. The van der Waals surface area contributed by atoms with Gasteiger partial charge in [-0.1, -0.05) is 0 Å². The Morgan fingerprint density at radius 2 is 2.00 bits per heavy atom. The summed E-state index contributed by atoms with van der Waals surface area (Å²) in [5, 5.41) is 4.18. The number of hydrogen-bond donors (Lipinski definition) is 0. The molecule has 1 saturated heterocycles. The molecule has 1 fully saturated rings. The summed E-state index contributed by atoms with van der Waals surface area (Å²) in [5.74, 6) is 0.149. The number of halogens is 2. The standard InChI is InChI=1S/C10H13Br2N3O/c11-8-6-9(12)15(13-8)7-10(16)14-4-2-1-3-5-14/h6H,1-5,7H2. The SMILES string of the molecule is O=C(Cn1nc(Br)cc1Br)N1CCCCC1. The summed E-state index contributed by atoms with van der Waals surface area (Å²) in [6, 6.07) is 1.84. The van der Waals surface area contributed by atoms with Crippen LogP contribution in [0.4, 0.5) is 0 Å². The molecule has 0 unspecified atom stereocenters. The molecule has 0 N–H and O–H groups in total. The Bertz CT molecular complexity index is 385. The lowest BCUT2D eigenvalue weighted by Gasteiger charge is -2.26. The van der Waals surface area contributed by atoms with Crippen LogP contribution in [0.3, 0.4) is 0 Å². The van der Waals surface area contributed by atoms with Crippen molar-refractivity contribution in [3.8, 4) is 0 Å². The van der Waals surface area contributed by atoms with E-state index in [9.17, 15) is 4.79 Å². The van der Waals surface area contributed by atoms with E-state index in [1.165, 1.54) is 6.42 Å². The van der Waals surface area contributed by atoms with Crippen LogP contribution >= 0.6 is 31.9 Å². The molecule has 6 heteroatoms. The van der Waals surface area contributed by atoms with Crippen molar-refractivity contribution in [2.24, 2.45) is 0 Å². The summed E-state index contributed by atoms with van der Waals surface area (Å²) in [7, 11) is 0. The van der Waals surface area contributed by atoms with Crippen molar-refractivity contribution >= 4 is 37.8 Å². The van der Waals surface area contributed by atoms with Crippen molar-refractivity contribution < 1.29 is 4.79 Å². The fraction of sp³-hybridized carbons (Fsp3) is 0.600. The van der Waals surface area contributed by atoms with E-state index in [1.54, 1.807) is 4.68 Å². The summed E-state index contributed by atoms with van der Waals surface area (Å²) < 4.78 is 3.23. The molecular weight excluding hydrogens is 338 g/mol. The topological polar surface area (TPSA) is 38.1 Å². The first-order valence-electron chi connectivity index (χ1n) is 5.33. The second-order valence-electron chi connectivity index (χ2n) is 3.89. The first-order chi connectivity index (χ1) is 7.66. The minimum Gasteiger partial charge on any atom is -0.341 e. The van der Waals surface area contributed by atoms with Gasteiger partial charge in [-0.3, -0.25) is 4.79 Å². The molecule has 16 heavy (non-hydrogen) atoms. The quantitative estimate of drug-likeness (QED) is 0.821. The number of aromatic nitrogens is 2. The molecular formula is C10H13Br2N3O. The lowest BCUT2D eigenvalue weighted by molar-refractivity contribution is -0.132. The molecule has 0 spiro atoms. The molecule has 0 aliphatic carbocycles. The second kappa shape index (κ2) is 5.31. The molecule has 1 aliphatic heterocycles. The summed E-state index contributed by atoms with van der Waals surface area (Å²) >= 11 is 6.65.